The largest absolute Gasteiger partial charge is 0.441 e. The average Bonchev–Trinajstić information content (AvgIpc) is 3.37. The van der Waals surface area contributed by atoms with Gasteiger partial charge in [-0.25, -0.2) is 4.98 Å². The van der Waals surface area contributed by atoms with Crippen LogP contribution in [-0.2, 0) is 12.8 Å². The Labute approximate surface area is 165 Å². The summed E-state index contributed by atoms with van der Waals surface area (Å²) in [7, 11) is 0. The smallest absolute Gasteiger partial charge is 0.254 e. The zero-order valence-corrected chi connectivity index (χ0v) is 16.0. The second-order valence-electron chi connectivity index (χ2n) is 7.86. The minimum atomic E-state index is 0.113. The number of fused-ring (bicyclic) bond motifs is 2. The van der Waals surface area contributed by atoms with Crippen LogP contribution < -0.4 is 0 Å². The van der Waals surface area contributed by atoms with Gasteiger partial charge in [-0.2, -0.15) is 0 Å². The molecule has 144 valence electrons. The molecule has 3 aromatic rings. The highest BCUT2D eigenvalue weighted by Crippen LogP contribution is 2.24. The predicted molar refractivity (Wildman–Crippen MR) is 108 cm³/mol. The topological polar surface area (TPSA) is 49.6 Å². The normalized spacial score (nSPS) is 19.9. The number of nitrogens with zero attached hydrogens (tertiary/aromatic N) is 3. The number of amides is 1. The highest BCUT2D eigenvalue weighted by atomic mass is 16.3. The summed E-state index contributed by atoms with van der Waals surface area (Å²) in [6.45, 7) is 3.84. The van der Waals surface area contributed by atoms with Crippen molar-refractivity contribution < 1.29 is 9.21 Å². The van der Waals surface area contributed by atoms with E-state index in [2.05, 4.69) is 22.0 Å². The van der Waals surface area contributed by atoms with E-state index in [0.29, 0.717) is 11.6 Å². The highest BCUT2D eigenvalue weighted by molar-refractivity contribution is 5.97. The monoisotopic (exact) mass is 375 g/mol. The van der Waals surface area contributed by atoms with Crippen molar-refractivity contribution in [3.8, 4) is 0 Å². The fourth-order valence-corrected chi connectivity index (χ4v) is 4.47. The van der Waals surface area contributed by atoms with Gasteiger partial charge < -0.3 is 9.32 Å². The standard InChI is InChI=1S/C23H25N3O2/c27-23(26-14-13-25-12-4-7-19(25)16-26)18-9-10-21-20(15-18)24-22(28-21)11-8-17-5-2-1-3-6-17/h1-3,5-6,9-10,15,19H,4,7-8,11-14,16H2/t19-/m1/s1. The quantitative estimate of drug-likeness (QED) is 0.700. The Hall–Kier alpha value is -2.66. The zero-order chi connectivity index (χ0) is 18.9. The summed E-state index contributed by atoms with van der Waals surface area (Å²) in [5.74, 6) is 0.838. The Morgan fingerprint density at radius 3 is 2.86 bits per heavy atom. The van der Waals surface area contributed by atoms with E-state index < -0.39 is 0 Å². The summed E-state index contributed by atoms with van der Waals surface area (Å²) in [6, 6.07) is 16.5. The first-order valence-electron chi connectivity index (χ1n) is 10.2. The number of carbonyl (C=O) groups is 1. The molecule has 1 amide bonds. The van der Waals surface area contributed by atoms with Crippen LogP contribution in [0.1, 0.15) is 34.7 Å². The average molecular weight is 375 g/mol. The van der Waals surface area contributed by atoms with Gasteiger partial charge in [0.1, 0.15) is 5.52 Å². The number of oxazole rings is 1. The Kier molecular flexibility index (Phi) is 4.61. The van der Waals surface area contributed by atoms with Crippen molar-refractivity contribution in [1.82, 2.24) is 14.8 Å². The molecule has 0 N–H and O–H groups in total. The van der Waals surface area contributed by atoms with Gasteiger partial charge in [-0.1, -0.05) is 30.3 Å². The molecule has 2 aliphatic heterocycles. The van der Waals surface area contributed by atoms with E-state index in [1.165, 1.54) is 24.9 Å². The lowest BCUT2D eigenvalue weighted by molar-refractivity contribution is 0.0571. The molecule has 3 heterocycles. The molecule has 0 aliphatic carbocycles. The number of piperazine rings is 1. The maximum absolute atomic E-state index is 13.0. The van der Waals surface area contributed by atoms with Gasteiger partial charge in [0, 0.05) is 37.7 Å². The van der Waals surface area contributed by atoms with Gasteiger partial charge in [-0.15, -0.1) is 0 Å². The Bertz CT molecular complexity index is 982. The molecular formula is C23H25N3O2. The van der Waals surface area contributed by atoms with Gasteiger partial charge in [-0.05, 0) is 49.6 Å². The number of aromatic nitrogens is 1. The first kappa shape index (κ1) is 17.4. The molecule has 1 atom stereocenters. The molecule has 2 aliphatic rings. The number of aryl methyl sites for hydroxylation is 2. The van der Waals surface area contributed by atoms with Gasteiger partial charge in [0.2, 0.25) is 0 Å². The Balaban J connectivity index is 1.30. The number of benzene rings is 2. The molecule has 5 nitrogen and oxygen atoms in total. The zero-order valence-electron chi connectivity index (χ0n) is 16.0. The molecule has 5 heteroatoms. The maximum Gasteiger partial charge on any atom is 0.254 e. The van der Waals surface area contributed by atoms with Crippen LogP contribution in [0.4, 0.5) is 0 Å². The predicted octanol–water partition coefficient (Wildman–Crippen LogP) is 3.53. The van der Waals surface area contributed by atoms with E-state index >= 15 is 0 Å². The van der Waals surface area contributed by atoms with Crippen molar-refractivity contribution in [1.29, 1.82) is 0 Å². The summed E-state index contributed by atoms with van der Waals surface area (Å²) in [4.78, 5) is 22.1. The van der Waals surface area contributed by atoms with Crippen molar-refractivity contribution in [2.24, 2.45) is 0 Å². The summed E-state index contributed by atoms with van der Waals surface area (Å²) >= 11 is 0. The number of hydrogen-bond donors (Lipinski definition) is 0. The van der Waals surface area contributed by atoms with E-state index in [1.807, 2.05) is 41.3 Å². The van der Waals surface area contributed by atoms with E-state index in [4.69, 9.17) is 4.42 Å². The molecule has 5 rings (SSSR count). The van der Waals surface area contributed by atoms with E-state index in [1.54, 1.807) is 0 Å². The van der Waals surface area contributed by atoms with Crippen molar-refractivity contribution in [3.05, 3.63) is 65.5 Å². The first-order chi connectivity index (χ1) is 13.8. The van der Waals surface area contributed by atoms with Gasteiger partial charge in [-0.3, -0.25) is 9.69 Å². The van der Waals surface area contributed by atoms with Crippen LogP contribution in [0, 0.1) is 0 Å². The lowest BCUT2D eigenvalue weighted by Crippen LogP contribution is -2.52. The highest BCUT2D eigenvalue weighted by Gasteiger charge is 2.32. The van der Waals surface area contributed by atoms with Gasteiger partial charge in [0.05, 0.1) is 0 Å². The molecule has 1 aromatic heterocycles. The molecule has 2 saturated heterocycles. The summed E-state index contributed by atoms with van der Waals surface area (Å²) in [6.07, 6.45) is 4.11. The SMILES string of the molecule is O=C(c1ccc2oc(CCc3ccccc3)nc2c1)N1CCN2CCC[C@@H]2C1. The maximum atomic E-state index is 13.0. The summed E-state index contributed by atoms with van der Waals surface area (Å²) < 4.78 is 5.88. The fraction of sp³-hybridized carbons (Fsp3) is 0.391. The molecular weight excluding hydrogens is 350 g/mol. The van der Waals surface area contributed by atoms with Crippen molar-refractivity contribution in [2.75, 3.05) is 26.2 Å². The molecule has 0 bridgehead atoms. The van der Waals surface area contributed by atoms with Gasteiger partial charge >= 0.3 is 0 Å². The Morgan fingerprint density at radius 1 is 1.07 bits per heavy atom. The van der Waals surface area contributed by atoms with Crippen LogP contribution in [0.3, 0.4) is 0 Å². The van der Waals surface area contributed by atoms with E-state index in [0.717, 1.165) is 49.5 Å². The van der Waals surface area contributed by atoms with E-state index in [-0.39, 0.29) is 5.91 Å². The third-order valence-electron chi connectivity index (χ3n) is 6.02. The molecule has 0 spiro atoms. The van der Waals surface area contributed by atoms with Crippen LogP contribution in [-0.4, -0.2) is 52.9 Å². The first-order valence-corrected chi connectivity index (χ1v) is 10.2. The summed E-state index contributed by atoms with van der Waals surface area (Å²) in [5.41, 5.74) is 3.50. The molecule has 0 radical (unpaired) electrons. The van der Waals surface area contributed by atoms with Crippen molar-refractivity contribution >= 4 is 17.0 Å². The van der Waals surface area contributed by atoms with Crippen molar-refractivity contribution in [2.45, 2.75) is 31.7 Å². The summed E-state index contributed by atoms with van der Waals surface area (Å²) in [5, 5.41) is 0. The lowest BCUT2D eigenvalue weighted by Gasteiger charge is -2.37. The van der Waals surface area contributed by atoms with E-state index in [9.17, 15) is 4.79 Å². The number of carbonyl (C=O) groups excluding carboxylic acids is 1. The molecule has 0 saturated carbocycles. The molecule has 2 fully saturated rings. The molecule has 2 aromatic carbocycles. The minimum absolute atomic E-state index is 0.113. The fourth-order valence-electron chi connectivity index (χ4n) is 4.47. The lowest BCUT2D eigenvalue weighted by atomic mass is 10.1. The second kappa shape index (κ2) is 7.40. The minimum Gasteiger partial charge on any atom is -0.441 e. The van der Waals surface area contributed by atoms with Gasteiger partial charge in [0.25, 0.3) is 5.91 Å². The molecule has 0 unspecified atom stereocenters. The van der Waals surface area contributed by atoms with Crippen LogP contribution in [0.25, 0.3) is 11.1 Å². The van der Waals surface area contributed by atoms with Crippen LogP contribution in [0.15, 0.2) is 52.9 Å². The van der Waals surface area contributed by atoms with Gasteiger partial charge in [0.15, 0.2) is 11.5 Å². The van der Waals surface area contributed by atoms with Crippen LogP contribution in [0.2, 0.25) is 0 Å². The Morgan fingerprint density at radius 2 is 1.96 bits per heavy atom. The molecule has 28 heavy (non-hydrogen) atoms. The van der Waals surface area contributed by atoms with Crippen LogP contribution in [0.5, 0.6) is 0 Å². The third-order valence-corrected chi connectivity index (χ3v) is 6.02. The second-order valence-corrected chi connectivity index (χ2v) is 7.86. The number of rotatable bonds is 4. The number of hydrogen-bond acceptors (Lipinski definition) is 4. The third kappa shape index (κ3) is 3.42. The van der Waals surface area contributed by atoms with Crippen molar-refractivity contribution in [3.63, 3.8) is 0 Å². The van der Waals surface area contributed by atoms with Crippen LogP contribution >= 0.6 is 0 Å².